The van der Waals surface area contributed by atoms with Crippen LogP contribution in [0.3, 0.4) is 0 Å². The largest absolute Gasteiger partial charge is 0.495 e. The number of fused-ring (bicyclic) bond motifs is 3. The Bertz CT molecular complexity index is 1390. The van der Waals surface area contributed by atoms with Crippen molar-refractivity contribution in [2.75, 3.05) is 26.5 Å². The van der Waals surface area contributed by atoms with Gasteiger partial charge in [-0.25, -0.2) is 17.7 Å². The molecule has 3 aromatic rings. The number of aromatic nitrogens is 2. The summed E-state index contributed by atoms with van der Waals surface area (Å²) in [5.41, 5.74) is 1.12. The third kappa shape index (κ3) is 4.40. The van der Waals surface area contributed by atoms with Gasteiger partial charge in [0.15, 0.2) is 0 Å². The smallest absolute Gasteiger partial charge is 0.262 e. The van der Waals surface area contributed by atoms with E-state index in [1.165, 1.54) is 49.1 Å². The lowest BCUT2D eigenvalue weighted by Crippen LogP contribution is -2.28. The summed E-state index contributed by atoms with van der Waals surface area (Å²) in [7, 11) is 0.427. The Hall–Kier alpha value is -2.76. The second-order valence-corrected chi connectivity index (χ2v) is 11.6. The second-order valence-electron chi connectivity index (χ2n) is 8.41. The molecule has 1 atom stereocenters. The van der Waals surface area contributed by atoms with E-state index in [0.29, 0.717) is 16.1 Å². The maximum Gasteiger partial charge on any atom is 0.262 e. The van der Waals surface area contributed by atoms with Crippen LogP contribution in [0.2, 0.25) is 0 Å². The molecule has 0 fully saturated rings. The Morgan fingerprint density at radius 3 is 2.82 bits per heavy atom. The molecule has 11 heteroatoms. The first-order valence-electron chi connectivity index (χ1n) is 10.5. The van der Waals surface area contributed by atoms with Gasteiger partial charge in [-0.1, -0.05) is 6.92 Å². The van der Waals surface area contributed by atoms with E-state index in [1.807, 2.05) is 0 Å². The molecule has 4 rings (SSSR count). The number of carbonyl (C=O) groups excluding carboxylic acids is 1. The molecule has 1 N–H and O–H groups in total. The molecular weight excluding hydrogens is 464 g/mol. The zero-order chi connectivity index (χ0) is 23.9. The van der Waals surface area contributed by atoms with E-state index in [2.05, 4.69) is 17.2 Å². The van der Waals surface area contributed by atoms with Crippen LogP contribution >= 0.6 is 11.3 Å². The molecule has 1 unspecified atom stereocenters. The number of nitrogens with zero attached hydrogens (tertiary/aromatic N) is 3. The van der Waals surface area contributed by atoms with E-state index in [9.17, 15) is 18.0 Å². The molecule has 2 aromatic heterocycles. The van der Waals surface area contributed by atoms with Crippen molar-refractivity contribution in [3.8, 4) is 5.75 Å². The standard InChI is InChI=1S/C22H26N4O5S2/c1-13-5-7-15-17(9-13)32-21-20(15)22(28)26(12-23-21)11-19(27)24-14-6-8-16(31-4)18(10-14)33(29,30)25(2)3/h6,8,10,12-13H,5,7,9,11H2,1-4H3,(H,24,27). The van der Waals surface area contributed by atoms with Gasteiger partial charge >= 0.3 is 0 Å². The lowest BCUT2D eigenvalue weighted by molar-refractivity contribution is -0.116. The number of rotatable bonds is 6. The fourth-order valence-corrected chi connectivity index (χ4v) is 6.40. The van der Waals surface area contributed by atoms with Crippen LogP contribution in [0.5, 0.6) is 5.75 Å². The number of nitrogens with one attached hydrogen (secondary N) is 1. The highest BCUT2D eigenvalue weighted by Gasteiger charge is 2.25. The van der Waals surface area contributed by atoms with E-state index in [0.717, 1.165) is 29.1 Å². The fraction of sp³-hybridized carbons (Fsp3) is 0.409. The van der Waals surface area contributed by atoms with Crippen molar-refractivity contribution in [3.05, 3.63) is 45.3 Å². The van der Waals surface area contributed by atoms with Gasteiger partial charge in [-0.05, 0) is 48.9 Å². The van der Waals surface area contributed by atoms with Crippen LogP contribution in [-0.4, -0.2) is 49.4 Å². The highest BCUT2D eigenvalue weighted by Crippen LogP contribution is 2.35. The van der Waals surface area contributed by atoms with Crippen LogP contribution in [0.1, 0.15) is 23.8 Å². The quantitative estimate of drug-likeness (QED) is 0.568. The van der Waals surface area contributed by atoms with Crippen LogP contribution in [0.15, 0.2) is 34.2 Å². The van der Waals surface area contributed by atoms with Crippen LogP contribution in [0.25, 0.3) is 10.2 Å². The highest BCUT2D eigenvalue weighted by molar-refractivity contribution is 7.89. The molecule has 0 saturated carbocycles. The van der Waals surface area contributed by atoms with Gasteiger partial charge in [0, 0.05) is 24.7 Å². The lowest BCUT2D eigenvalue weighted by Gasteiger charge is -2.17. The molecule has 0 saturated heterocycles. The van der Waals surface area contributed by atoms with Crippen molar-refractivity contribution in [2.45, 2.75) is 37.6 Å². The Balaban J connectivity index is 1.60. The third-order valence-corrected chi connectivity index (χ3v) is 8.80. The molecule has 0 aliphatic heterocycles. The molecule has 1 amide bonds. The number of benzene rings is 1. The average Bonchev–Trinajstić information content (AvgIpc) is 3.13. The predicted molar refractivity (Wildman–Crippen MR) is 128 cm³/mol. The van der Waals surface area contributed by atoms with Crippen molar-refractivity contribution >= 4 is 43.2 Å². The monoisotopic (exact) mass is 490 g/mol. The normalized spacial score (nSPS) is 16.1. The van der Waals surface area contributed by atoms with E-state index in [1.54, 1.807) is 17.4 Å². The topological polar surface area (TPSA) is 111 Å². The fourth-order valence-electron chi connectivity index (χ4n) is 3.99. The molecule has 176 valence electrons. The summed E-state index contributed by atoms with van der Waals surface area (Å²) >= 11 is 1.56. The van der Waals surface area contributed by atoms with E-state index >= 15 is 0 Å². The number of aryl methyl sites for hydroxylation is 1. The zero-order valence-electron chi connectivity index (χ0n) is 18.9. The molecule has 1 aliphatic rings. The van der Waals surface area contributed by atoms with Crippen LogP contribution in [-0.2, 0) is 34.2 Å². The van der Waals surface area contributed by atoms with Crippen LogP contribution < -0.4 is 15.6 Å². The molecule has 9 nitrogen and oxygen atoms in total. The molecular formula is C22H26N4O5S2. The number of amides is 1. The number of carbonyl (C=O) groups is 1. The molecule has 1 aromatic carbocycles. The van der Waals surface area contributed by atoms with E-state index in [-0.39, 0.29) is 28.4 Å². The molecule has 0 spiro atoms. The first-order valence-corrected chi connectivity index (χ1v) is 12.8. The zero-order valence-corrected chi connectivity index (χ0v) is 20.5. The molecule has 2 heterocycles. The Labute approximate surface area is 196 Å². The summed E-state index contributed by atoms with van der Waals surface area (Å²) < 4.78 is 32.7. The van der Waals surface area contributed by atoms with Gasteiger partial charge in [0.1, 0.15) is 22.0 Å². The third-order valence-electron chi connectivity index (χ3n) is 5.80. The minimum Gasteiger partial charge on any atom is -0.495 e. The van der Waals surface area contributed by atoms with Crippen LogP contribution in [0, 0.1) is 5.92 Å². The Morgan fingerprint density at radius 2 is 2.12 bits per heavy atom. The summed E-state index contributed by atoms with van der Waals surface area (Å²) in [6, 6.07) is 4.36. The number of methoxy groups -OCH3 is 1. The Morgan fingerprint density at radius 1 is 1.36 bits per heavy atom. The van der Waals surface area contributed by atoms with Gasteiger partial charge in [-0.3, -0.25) is 14.2 Å². The molecule has 0 radical (unpaired) electrons. The predicted octanol–water partition coefficient (Wildman–Crippen LogP) is 2.48. The van der Waals surface area contributed by atoms with Gasteiger partial charge < -0.3 is 10.1 Å². The van der Waals surface area contributed by atoms with Crippen LogP contribution in [0.4, 0.5) is 5.69 Å². The number of ether oxygens (including phenoxy) is 1. The van der Waals surface area contributed by atoms with E-state index in [4.69, 9.17) is 4.74 Å². The number of hydrogen-bond acceptors (Lipinski definition) is 7. The average molecular weight is 491 g/mol. The first-order chi connectivity index (χ1) is 15.6. The summed E-state index contributed by atoms with van der Waals surface area (Å²) in [6.07, 6.45) is 4.22. The van der Waals surface area contributed by atoms with Crippen molar-refractivity contribution in [1.82, 2.24) is 13.9 Å². The second kappa shape index (κ2) is 8.88. The Kier molecular flexibility index (Phi) is 6.30. The first kappa shape index (κ1) is 23.4. The minimum absolute atomic E-state index is 0.0628. The summed E-state index contributed by atoms with van der Waals surface area (Å²) in [5, 5.41) is 3.28. The number of thiophene rings is 1. The summed E-state index contributed by atoms with van der Waals surface area (Å²) in [4.78, 5) is 32.1. The summed E-state index contributed by atoms with van der Waals surface area (Å²) in [5.74, 6) is 0.294. The van der Waals surface area contributed by atoms with Crippen molar-refractivity contribution in [1.29, 1.82) is 0 Å². The lowest BCUT2D eigenvalue weighted by atomic mass is 9.89. The molecule has 1 aliphatic carbocycles. The molecule has 0 bridgehead atoms. The van der Waals surface area contributed by atoms with Gasteiger partial charge in [0.05, 0.1) is 18.8 Å². The number of hydrogen-bond donors (Lipinski definition) is 1. The number of anilines is 1. The van der Waals surface area contributed by atoms with Crippen molar-refractivity contribution in [3.63, 3.8) is 0 Å². The molecule has 33 heavy (non-hydrogen) atoms. The minimum atomic E-state index is -3.78. The maximum atomic E-state index is 13.1. The maximum absolute atomic E-state index is 13.1. The highest BCUT2D eigenvalue weighted by atomic mass is 32.2. The van der Waals surface area contributed by atoms with Gasteiger partial charge in [-0.2, -0.15) is 0 Å². The summed E-state index contributed by atoms with van der Waals surface area (Å²) in [6.45, 7) is 1.97. The van der Waals surface area contributed by atoms with Gasteiger partial charge in [0.2, 0.25) is 15.9 Å². The van der Waals surface area contributed by atoms with Gasteiger partial charge in [0.25, 0.3) is 5.56 Å². The van der Waals surface area contributed by atoms with Crippen molar-refractivity contribution in [2.24, 2.45) is 5.92 Å². The van der Waals surface area contributed by atoms with E-state index < -0.39 is 15.9 Å². The van der Waals surface area contributed by atoms with Gasteiger partial charge in [-0.15, -0.1) is 11.3 Å². The number of sulfonamides is 1. The SMILES string of the molecule is COc1ccc(NC(=O)Cn2cnc3sc4c(c3c2=O)CCC(C)C4)cc1S(=O)(=O)N(C)C. The van der Waals surface area contributed by atoms with Crippen molar-refractivity contribution < 1.29 is 17.9 Å².